The summed E-state index contributed by atoms with van der Waals surface area (Å²) in [5.41, 5.74) is 12.3. The Labute approximate surface area is 344 Å². The second-order valence-corrected chi connectivity index (χ2v) is 16.7. The molecule has 56 heavy (non-hydrogen) atoms. The largest absolute Gasteiger partial charge is 0.313 e. The van der Waals surface area contributed by atoms with E-state index in [9.17, 15) is 0 Å². The standard InChI is InChI=1S/C49H61BrN6/c50-48-19-17-45(18-20-48)49(46-15-3-13-43(31-46)37-55-25-5-21-51-33-39-9-1-10-40(29-39)34-52-22-6-26-55)47-16-4-14-44(32-47)38-56-27-7-23-53-35-41-11-2-12-42(30-41)36-54-24-8-28-56/h1-4,9-20,29-32,49,51-54H,5-8,21-28,33-38H2. The maximum Gasteiger partial charge on any atom is 0.0340 e. The van der Waals surface area contributed by atoms with E-state index in [1.54, 1.807) is 0 Å². The number of nitrogens with one attached hydrogen (secondary N) is 4. The first kappa shape index (κ1) is 40.5. The molecule has 0 saturated heterocycles. The Hall–Kier alpha value is -3.66. The fourth-order valence-corrected chi connectivity index (χ4v) is 8.64. The lowest BCUT2D eigenvalue weighted by Crippen LogP contribution is -2.30. The predicted octanol–water partition coefficient (Wildman–Crippen LogP) is 8.58. The minimum Gasteiger partial charge on any atom is -0.313 e. The van der Waals surface area contributed by atoms with Crippen LogP contribution in [0, 0.1) is 0 Å². The van der Waals surface area contributed by atoms with Crippen molar-refractivity contribution in [2.75, 3.05) is 52.4 Å². The van der Waals surface area contributed by atoms with Gasteiger partial charge in [-0.25, -0.2) is 0 Å². The van der Waals surface area contributed by atoms with Crippen LogP contribution in [-0.4, -0.2) is 62.2 Å². The second-order valence-electron chi connectivity index (χ2n) is 15.8. The van der Waals surface area contributed by atoms with Gasteiger partial charge < -0.3 is 21.3 Å². The minimum absolute atomic E-state index is 0.150. The summed E-state index contributed by atoms with van der Waals surface area (Å²) in [5, 5.41) is 14.8. The Morgan fingerprint density at radius 2 is 0.804 bits per heavy atom. The van der Waals surface area contributed by atoms with Gasteiger partial charge in [0.25, 0.3) is 0 Å². The van der Waals surface area contributed by atoms with E-state index in [2.05, 4.69) is 168 Å². The maximum atomic E-state index is 3.70. The Balaban J connectivity index is 1.05. The lowest BCUT2D eigenvalue weighted by Gasteiger charge is -2.26. The van der Waals surface area contributed by atoms with Crippen LogP contribution in [0.5, 0.6) is 0 Å². The molecule has 7 heteroatoms. The fraction of sp³-hybridized carbons (Fsp3) is 0.388. The normalized spacial score (nSPS) is 17.5. The van der Waals surface area contributed by atoms with Crippen LogP contribution in [0.4, 0.5) is 0 Å². The second kappa shape index (κ2) is 21.8. The summed E-state index contributed by atoms with van der Waals surface area (Å²) < 4.78 is 1.11. The summed E-state index contributed by atoms with van der Waals surface area (Å²) >= 11 is 3.70. The molecule has 0 atom stereocenters. The lowest BCUT2D eigenvalue weighted by molar-refractivity contribution is 0.256. The fourth-order valence-electron chi connectivity index (χ4n) is 8.37. The molecule has 4 bridgehead atoms. The van der Waals surface area contributed by atoms with E-state index in [1.807, 2.05) is 0 Å². The van der Waals surface area contributed by atoms with Crippen LogP contribution in [0.1, 0.15) is 81.7 Å². The SMILES string of the molecule is Brc1ccc(C(c2cccc(CN3CCCNCc4cccc(c4)CNCCC3)c2)c2cccc(CN3CCCNCc4cccc(c4)CNCCC3)c2)cc1. The van der Waals surface area contributed by atoms with Crippen molar-refractivity contribution in [2.45, 2.75) is 70.9 Å². The third-order valence-electron chi connectivity index (χ3n) is 11.2. The minimum atomic E-state index is 0.150. The Morgan fingerprint density at radius 1 is 0.429 bits per heavy atom. The number of halogens is 1. The molecule has 7 rings (SSSR count). The highest BCUT2D eigenvalue weighted by atomic mass is 79.9. The average molecular weight is 814 g/mol. The van der Waals surface area contributed by atoms with Crippen LogP contribution in [-0.2, 0) is 39.3 Å². The van der Waals surface area contributed by atoms with Gasteiger partial charge in [0.1, 0.15) is 0 Å². The molecule has 0 radical (unpaired) electrons. The molecule has 4 N–H and O–H groups in total. The number of hydrogen-bond acceptors (Lipinski definition) is 6. The molecule has 2 heterocycles. The molecular formula is C49H61BrN6. The summed E-state index contributed by atoms with van der Waals surface area (Å²) in [6.07, 6.45) is 4.55. The molecule has 5 aromatic rings. The number of hydrogen-bond donors (Lipinski definition) is 4. The van der Waals surface area contributed by atoms with Crippen molar-refractivity contribution in [1.29, 1.82) is 0 Å². The van der Waals surface area contributed by atoms with Crippen LogP contribution in [0.2, 0.25) is 0 Å². The van der Waals surface area contributed by atoms with Gasteiger partial charge in [-0.1, -0.05) is 125 Å². The highest BCUT2D eigenvalue weighted by molar-refractivity contribution is 9.10. The molecule has 0 aromatic heterocycles. The molecule has 0 saturated carbocycles. The lowest BCUT2D eigenvalue weighted by atomic mass is 9.84. The van der Waals surface area contributed by atoms with Gasteiger partial charge in [-0.2, -0.15) is 0 Å². The summed E-state index contributed by atoms with van der Waals surface area (Å²) in [7, 11) is 0. The molecule has 0 unspecified atom stereocenters. The van der Waals surface area contributed by atoms with Crippen LogP contribution >= 0.6 is 15.9 Å². The van der Waals surface area contributed by atoms with E-state index in [4.69, 9.17) is 0 Å². The van der Waals surface area contributed by atoms with Crippen LogP contribution < -0.4 is 21.3 Å². The molecular weight excluding hydrogens is 752 g/mol. The maximum absolute atomic E-state index is 3.70. The molecule has 0 fully saturated rings. The van der Waals surface area contributed by atoms with E-state index in [0.717, 1.165) is 122 Å². The van der Waals surface area contributed by atoms with Gasteiger partial charge in [0, 0.05) is 49.7 Å². The van der Waals surface area contributed by atoms with Gasteiger partial charge in [-0.15, -0.1) is 0 Å². The monoisotopic (exact) mass is 812 g/mol. The first-order chi connectivity index (χ1) is 27.6. The Kier molecular flexibility index (Phi) is 15.7. The van der Waals surface area contributed by atoms with E-state index in [-0.39, 0.29) is 5.92 Å². The quantitative estimate of drug-likeness (QED) is 0.124. The van der Waals surface area contributed by atoms with Gasteiger partial charge >= 0.3 is 0 Å². The van der Waals surface area contributed by atoms with E-state index < -0.39 is 0 Å². The molecule has 294 valence electrons. The zero-order valence-corrected chi connectivity index (χ0v) is 34.7. The van der Waals surface area contributed by atoms with Crippen LogP contribution in [0.25, 0.3) is 0 Å². The van der Waals surface area contributed by atoms with E-state index in [1.165, 1.54) is 50.1 Å². The summed E-state index contributed by atoms with van der Waals surface area (Å²) in [4.78, 5) is 5.32. The van der Waals surface area contributed by atoms with Crippen LogP contribution in [0.15, 0.2) is 126 Å². The van der Waals surface area contributed by atoms with Crippen LogP contribution in [0.3, 0.4) is 0 Å². The number of benzene rings is 5. The van der Waals surface area contributed by atoms with E-state index >= 15 is 0 Å². The molecule has 5 aromatic carbocycles. The average Bonchev–Trinajstić information content (AvgIpc) is 3.21. The first-order valence-electron chi connectivity index (χ1n) is 21.0. The highest BCUT2D eigenvalue weighted by Gasteiger charge is 2.19. The molecule has 2 aliphatic rings. The van der Waals surface area contributed by atoms with Crippen molar-refractivity contribution in [3.05, 3.63) is 176 Å². The Morgan fingerprint density at radius 3 is 1.20 bits per heavy atom. The van der Waals surface area contributed by atoms with Crippen molar-refractivity contribution >= 4 is 15.9 Å². The zero-order chi connectivity index (χ0) is 38.2. The number of nitrogens with zero attached hydrogens (tertiary/aromatic N) is 2. The molecule has 6 nitrogen and oxygen atoms in total. The number of fused-ring (bicyclic) bond motifs is 4. The van der Waals surface area contributed by atoms with Crippen molar-refractivity contribution in [2.24, 2.45) is 0 Å². The van der Waals surface area contributed by atoms with Crippen molar-refractivity contribution < 1.29 is 0 Å². The summed E-state index contributed by atoms with van der Waals surface area (Å²) in [6.45, 7) is 14.1. The van der Waals surface area contributed by atoms with Crippen molar-refractivity contribution in [3.8, 4) is 0 Å². The van der Waals surface area contributed by atoms with E-state index in [0.29, 0.717) is 0 Å². The Bertz CT molecular complexity index is 1750. The van der Waals surface area contributed by atoms with Crippen molar-refractivity contribution in [1.82, 2.24) is 31.1 Å². The van der Waals surface area contributed by atoms with Gasteiger partial charge in [-0.05, 0) is 140 Å². The zero-order valence-electron chi connectivity index (χ0n) is 33.1. The molecule has 0 aliphatic carbocycles. The topological polar surface area (TPSA) is 54.6 Å². The summed E-state index contributed by atoms with van der Waals surface area (Å²) in [6, 6.07) is 45.8. The highest BCUT2D eigenvalue weighted by Crippen LogP contribution is 2.34. The third kappa shape index (κ3) is 12.7. The van der Waals surface area contributed by atoms with Crippen molar-refractivity contribution in [3.63, 3.8) is 0 Å². The van der Waals surface area contributed by atoms with Gasteiger partial charge in [0.15, 0.2) is 0 Å². The first-order valence-corrected chi connectivity index (χ1v) is 21.8. The van der Waals surface area contributed by atoms with Gasteiger partial charge in [0.2, 0.25) is 0 Å². The molecule has 2 aliphatic heterocycles. The third-order valence-corrected chi connectivity index (χ3v) is 11.7. The smallest absolute Gasteiger partial charge is 0.0340 e. The number of rotatable bonds is 7. The van der Waals surface area contributed by atoms with Gasteiger partial charge in [0.05, 0.1) is 0 Å². The molecule has 0 spiro atoms. The molecule has 0 amide bonds. The summed E-state index contributed by atoms with van der Waals surface area (Å²) in [5.74, 6) is 0.150. The predicted molar refractivity (Wildman–Crippen MR) is 237 cm³/mol. The van der Waals surface area contributed by atoms with Gasteiger partial charge in [-0.3, -0.25) is 9.80 Å².